The molecule has 2 atom stereocenters. The van der Waals surface area contributed by atoms with E-state index in [9.17, 15) is 0 Å². The van der Waals surface area contributed by atoms with E-state index in [-0.39, 0.29) is 0 Å². The van der Waals surface area contributed by atoms with Crippen LogP contribution in [0.1, 0.15) is 39.5 Å². The van der Waals surface area contributed by atoms with Crippen molar-refractivity contribution in [2.24, 2.45) is 7.05 Å². The summed E-state index contributed by atoms with van der Waals surface area (Å²) in [7, 11) is 1.97. The van der Waals surface area contributed by atoms with Crippen LogP contribution in [0.25, 0.3) is 0 Å². The summed E-state index contributed by atoms with van der Waals surface area (Å²) in [5.41, 5.74) is 0. The molecule has 1 aliphatic heterocycles. The summed E-state index contributed by atoms with van der Waals surface area (Å²) in [5, 5.41) is 11.7. The van der Waals surface area contributed by atoms with E-state index in [0.29, 0.717) is 12.1 Å². The highest BCUT2D eigenvalue weighted by Gasteiger charge is 2.28. The van der Waals surface area contributed by atoms with Gasteiger partial charge >= 0.3 is 0 Å². The predicted octanol–water partition coefficient (Wildman–Crippen LogP) is 1.56. The Morgan fingerprint density at radius 2 is 2.33 bits per heavy atom. The third kappa shape index (κ3) is 2.83. The second kappa shape index (κ2) is 6.18. The maximum Gasteiger partial charge on any atom is 0.147 e. The van der Waals surface area contributed by atoms with E-state index in [1.165, 1.54) is 25.7 Å². The molecule has 1 fully saturated rings. The second-order valence-corrected chi connectivity index (χ2v) is 5.22. The number of hydrogen-bond donors (Lipinski definition) is 1. The van der Waals surface area contributed by atoms with Crippen molar-refractivity contribution < 1.29 is 0 Å². The van der Waals surface area contributed by atoms with Crippen molar-refractivity contribution in [2.45, 2.75) is 51.6 Å². The second-order valence-electron chi connectivity index (χ2n) is 5.22. The van der Waals surface area contributed by atoms with Crippen molar-refractivity contribution in [3.05, 3.63) is 6.20 Å². The SMILES string of the molecule is CCCNC(C)C1CCCCN1c1cnnn1C. The third-order valence-electron chi connectivity index (χ3n) is 3.83. The molecule has 102 valence electrons. The average molecular weight is 251 g/mol. The Bertz CT molecular complexity index is 362. The van der Waals surface area contributed by atoms with Crippen LogP contribution < -0.4 is 10.2 Å². The fourth-order valence-corrected chi connectivity index (χ4v) is 2.81. The summed E-state index contributed by atoms with van der Waals surface area (Å²) in [6, 6.07) is 1.07. The summed E-state index contributed by atoms with van der Waals surface area (Å²) in [6.45, 7) is 6.71. The van der Waals surface area contributed by atoms with Gasteiger partial charge in [-0.1, -0.05) is 12.1 Å². The van der Waals surface area contributed by atoms with Gasteiger partial charge in [0.2, 0.25) is 0 Å². The molecule has 0 amide bonds. The van der Waals surface area contributed by atoms with Crippen molar-refractivity contribution in [1.29, 1.82) is 0 Å². The van der Waals surface area contributed by atoms with Gasteiger partial charge in [-0.3, -0.25) is 0 Å². The summed E-state index contributed by atoms with van der Waals surface area (Å²) in [4.78, 5) is 2.47. The lowest BCUT2D eigenvalue weighted by atomic mass is 9.96. The van der Waals surface area contributed by atoms with Gasteiger partial charge in [0.15, 0.2) is 0 Å². The Morgan fingerprint density at radius 1 is 1.50 bits per heavy atom. The standard InChI is InChI=1S/C13H25N5/c1-4-8-14-11(2)12-7-5-6-9-18(12)13-10-15-16-17(13)3/h10-12,14H,4-9H2,1-3H3. The lowest BCUT2D eigenvalue weighted by molar-refractivity contribution is 0.363. The molecule has 1 saturated heterocycles. The number of nitrogens with zero attached hydrogens (tertiary/aromatic N) is 4. The van der Waals surface area contributed by atoms with Crippen molar-refractivity contribution in [3.8, 4) is 0 Å². The van der Waals surface area contributed by atoms with E-state index in [4.69, 9.17) is 0 Å². The summed E-state index contributed by atoms with van der Waals surface area (Å²) < 4.78 is 1.88. The number of hydrogen-bond acceptors (Lipinski definition) is 4. The zero-order valence-corrected chi connectivity index (χ0v) is 11.8. The van der Waals surface area contributed by atoms with Crippen molar-refractivity contribution >= 4 is 5.82 Å². The monoisotopic (exact) mass is 251 g/mol. The third-order valence-corrected chi connectivity index (χ3v) is 3.83. The van der Waals surface area contributed by atoms with Crippen LogP contribution in [0.15, 0.2) is 6.20 Å². The van der Waals surface area contributed by atoms with Gasteiger partial charge in [0.25, 0.3) is 0 Å². The number of aryl methyl sites for hydroxylation is 1. The number of rotatable bonds is 5. The normalized spacial score (nSPS) is 22.2. The molecule has 1 aromatic rings. The van der Waals surface area contributed by atoms with Crippen molar-refractivity contribution in [2.75, 3.05) is 18.0 Å². The van der Waals surface area contributed by atoms with E-state index in [1.807, 2.05) is 17.9 Å². The highest BCUT2D eigenvalue weighted by atomic mass is 15.5. The van der Waals surface area contributed by atoms with E-state index < -0.39 is 0 Å². The van der Waals surface area contributed by atoms with Gasteiger partial charge in [-0.25, -0.2) is 4.68 Å². The summed E-state index contributed by atoms with van der Waals surface area (Å²) in [6.07, 6.45) is 6.91. The molecule has 0 radical (unpaired) electrons. The van der Waals surface area contributed by atoms with Gasteiger partial charge in [0.1, 0.15) is 5.82 Å². The van der Waals surface area contributed by atoms with E-state index in [2.05, 4.69) is 34.4 Å². The van der Waals surface area contributed by atoms with Crippen LogP contribution in [0.3, 0.4) is 0 Å². The molecule has 2 unspecified atom stereocenters. The van der Waals surface area contributed by atoms with Gasteiger partial charge in [-0.2, -0.15) is 0 Å². The molecule has 1 aromatic heterocycles. The minimum atomic E-state index is 0.514. The molecular weight excluding hydrogens is 226 g/mol. The predicted molar refractivity (Wildman–Crippen MR) is 73.7 cm³/mol. The zero-order chi connectivity index (χ0) is 13.0. The van der Waals surface area contributed by atoms with Gasteiger partial charge in [-0.05, 0) is 39.2 Å². The molecular formula is C13H25N5. The minimum absolute atomic E-state index is 0.514. The van der Waals surface area contributed by atoms with E-state index in [0.717, 1.165) is 18.9 Å². The Morgan fingerprint density at radius 3 is 3.00 bits per heavy atom. The van der Waals surface area contributed by atoms with Crippen molar-refractivity contribution in [3.63, 3.8) is 0 Å². The van der Waals surface area contributed by atoms with Crippen LogP contribution in [-0.4, -0.2) is 40.2 Å². The zero-order valence-electron chi connectivity index (χ0n) is 11.8. The molecule has 2 heterocycles. The first-order valence-electron chi connectivity index (χ1n) is 7.08. The summed E-state index contributed by atoms with van der Waals surface area (Å²) >= 11 is 0. The van der Waals surface area contributed by atoms with Crippen LogP contribution in [0.2, 0.25) is 0 Å². The van der Waals surface area contributed by atoms with Crippen molar-refractivity contribution in [1.82, 2.24) is 20.3 Å². The molecule has 18 heavy (non-hydrogen) atoms. The Kier molecular flexibility index (Phi) is 4.58. The molecule has 1 N–H and O–H groups in total. The molecule has 0 aromatic carbocycles. The number of nitrogens with one attached hydrogen (secondary N) is 1. The fourth-order valence-electron chi connectivity index (χ4n) is 2.81. The minimum Gasteiger partial charge on any atom is -0.351 e. The van der Waals surface area contributed by atoms with Crippen LogP contribution >= 0.6 is 0 Å². The Hall–Kier alpha value is -1.10. The van der Waals surface area contributed by atoms with Crippen LogP contribution in [0.4, 0.5) is 5.82 Å². The lowest BCUT2D eigenvalue weighted by Gasteiger charge is -2.40. The van der Waals surface area contributed by atoms with Gasteiger partial charge in [0, 0.05) is 25.7 Å². The largest absolute Gasteiger partial charge is 0.351 e. The molecule has 0 bridgehead atoms. The number of aromatic nitrogens is 3. The molecule has 5 nitrogen and oxygen atoms in total. The smallest absolute Gasteiger partial charge is 0.147 e. The highest BCUT2D eigenvalue weighted by Crippen LogP contribution is 2.25. The lowest BCUT2D eigenvalue weighted by Crippen LogP contribution is -2.52. The van der Waals surface area contributed by atoms with Crippen LogP contribution in [-0.2, 0) is 7.05 Å². The van der Waals surface area contributed by atoms with E-state index in [1.54, 1.807) is 0 Å². The molecule has 0 saturated carbocycles. The Labute approximate surface area is 110 Å². The van der Waals surface area contributed by atoms with Crippen LogP contribution in [0, 0.1) is 0 Å². The molecule has 5 heteroatoms. The molecule has 0 aliphatic carbocycles. The van der Waals surface area contributed by atoms with Gasteiger partial charge in [0.05, 0.1) is 6.20 Å². The number of piperidine rings is 1. The van der Waals surface area contributed by atoms with E-state index >= 15 is 0 Å². The first-order chi connectivity index (χ1) is 8.74. The van der Waals surface area contributed by atoms with Gasteiger partial charge in [-0.15, -0.1) is 5.10 Å². The Balaban J connectivity index is 2.08. The fraction of sp³-hybridized carbons (Fsp3) is 0.846. The maximum atomic E-state index is 4.05. The van der Waals surface area contributed by atoms with Crippen LogP contribution in [0.5, 0.6) is 0 Å². The molecule has 2 rings (SSSR count). The quantitative estimate of drug-likeness (QED) is 0.862. The highest BCUT2D eigenvalue weighted by molar-refractivity contribution is 5.38. The van der Waals surface area contributed by atoms with Gasteiger partial charge < -0.3 is 10.2 Å². The topological polar surface area (TPSA) is 46.0 Å². The summed E-state index contributed by atoms with van der Waals surface area (Å²) in [5.74, 6) is 1.14. The maximum absolute atomic E-state index is 4.05. The number of anilines is 1. The first kappa shape index (κ1) is 13.3. The molecule has 0 spiro atoms. The molecule has 1 aliphatic rings. The first-order valence-corrected chi connectivity index (χ1v) is 7.08. The average Bonchev–Trinajstić information content (AvgIpc) is 2.82.